The lowest BCUT2D eigenvalue weighted by Crippen LogP contribution is -2.35. The predicted octanol–water partition coefficient (Wildman–Crippen LogP) is 2.81. The molecule has 2 N–H and O–H groups in total. The zero-order valence-corrected chi connectivity index (χ0v) is 10.8. The van der Waals surface area contributed by atoms with E-state index in [1.165, 1.54) is 4.90 Å². The van der Waals surface area contributed by atoms with Gasteiger partial charge in [-0.05, 0) is 25.5 Å². The highest BCUT2D eigenvalue weighted by atomic mass is 19.1. The first-order valence-electron chi connectivity index (χ1n) is 5.90. The van der Waals surface area contributed by atoms with Crippen LogP contribution in [0, 0.1) is 11.6 Å². The van der Waals surface area contributed by atoms with Gasteiger partial charge in [0, 0.05) is 18.7 Å². The van der Waals surface area contributed by atoms with Crippen molar-refractivity contribution >= 4 is 11.6 Å². The fourth-order valence-corrected chi connectivity index (χ4v) is 1.72. The van der Waals surface area contributed by atoms with Gasteiger partial charge in [-0.25, -0.2) is 8.78 Å². The lowest BCUT2D eigenvalue weighted by molar-refractivity contribution is 0.0736. The first-order valence-corrected chi connectivity index (χ1v) is 5.90. The van der Waals surface area contributed by atoms with E-state index in [4.69, 9.17) is 5.73 Å². The highest BCUT2D eigenvalue weighted by molar-refractivity contribution is 5.94. The Kier molecular flexibility index (Phi) is 4.64. The van der Waals surface area contributed by atoms with Gasteiger partial charge in [-0.2, -0.15) is 0 Å². The van der Waals surface area contributed by atoms with Gasteiger partial charge in [0.15, 0.2) is 0 Å². The molecule has 0 fully saturated rings. The number of halogens is 2. The fourth-order valence-electron chi connectivity index (χ4n) is 1.72. The summed E-state index contributed by atoms with van der Waals surface area (Å²) in [5.74, 6) is -2.22. The smallest absolute Gasteiger partial charge is 0.254 e. The number of benzene rings is 1. The lowest BCUT2D eigenvalue weighted by Gasteiger charge is -2.24. The number of amides is 1. The molecule has 0 aliphatic carbocycles. The van der Waals surface area contributed by atoms with Gasteiger partial charge in [0.05, 0.1) is 0 Å². The van der Waals surface area contributed by atoms with Gasteiger partial charge in [-0.1, -0.05) is 13.3 Å². The molecule has 0 aliphatic rings. The molecule has 0 aliphatic heterocycles. The molecule has 1 unspecified atom stereocenters. The van der Waals surface area contributed by atoms with Crippen molar-refractivity contribution in [2.45, 2.75) is 32.7 Å². The van der Waals surface area contributed by atoms with E-state index in [9.17, 15) is 13.6 Å². The van der Waals surface area contributed by atoms with Crippen LogP contribution in [0.1, 0.15) is 37.0 Å². The molecule has 1 aromatic carbocycles. The third-order valence-corrected chi connectivity index (χ3v) is 3.01. The Labute approximate surface area is 106 Å². The Balaban J connectivity index is 2.97. The topological polar surface area (TPSA) is 46.3 Å². The van der Waals surface area contributed by atoms with E-state index < -0.39 is 23.2 Å². The van der Waals surface area contributed by atoms with Crippen LogP contribution in [0.15, 0.2) is 12.1 Å². The van der Waals surface area contributed by atoms with E-state index in [1.807, 2.05) is 13.8 Å². The van der Waals surface area contributed by atoms with Crippen molar-refractivity contribution in [2.24, 2.45) is 0 Å². The van der Waals surface area contributed by atoms with Crippen LogP contribution in [-0.2, 0) is 0 Å². The quantitative estimate of drug-likeness (QED) is 0.842. The standard InChI is InChI=1S/C13H18F2N2O/c1-4-5-8(2)17(3)13(18)9-6-10(14)12(16)11(15)7-9/h6-8H,4-5,16H2,1-3H3. The number of carbonyl (C=O) groups is 1. The number of hydrogen-bond acceptors (Lipinski definition) is 2. The van der Waals surface area contributed by atoms with E-state index >= 15 is 0 Å². The Morgan fingerprint density at radius 2 is 1.89 bits per heavy atom. The summed E-state index contributed by atoms with van der Waals surface area (Å²) in [6.07, 6.45) is 1.77. The van der Waals surface area contributed by atoms with Crippen molar-refractivity contribution in [1.29, 1.82) is 0 Å². The summed E-state index contributed by atoms with van der Waals surface area (Å²) in [6.45, 7) is 3.91. The molecule has 1 atom stereocenters. The normalized spacial score (nSPS) is 12.3. The summed E-state index contributed by atoms with van der Waals surface area (Å²) in [5, 5.41) is 0. The van der Waals surface area contributed by atoms with Crippen molar-refractivity contribution in [3.05, 3.63) is 29.3 Å². The molecule has 1 rings (SSSR count). The molecule has 0 spiro atoms. The summed E-state index contributed by atoms with van der Waals surface area (Å²) in [6, 6.07) is 1.96. The Morgan fingerprint density at radius 1 is 1.39 bits per heavy atom. The van der Waals surface area contributed by atoms with Crippen LogP contribution in [0.4, 0.5) is 14.5 Å². The Hall–Kier alpha value is -1.65. The number of anilines is 1. The molecule has 0 aromatic heterocycles. The summed E-state index contributed by atoms with van der Waals surface area (Å²) in [5.41, 5.74) is 4.58. The van der Waals surface area contributed by atoms with Gasteiger partial charge in [-0.15, -0.1) is 0 Å². The van der Waals surface area contributed by atoms with Crippen LogP contribution in [0.5, 0.6) is 0 Å². The van der Waals surface area contributed by atoms with E-state index in [2.05, 4.69) is 0 Å². The van der Waals surface area contributed by atoms with Crippen molar-refractivity contribution in [3.8, 4) is 0 Å². The first-order chi connectivity index (χ1) is 8.38. The summed E-state index contributed by atoms with van der Waals surface area (Å²) >= 11 is 0. The molecule has 0 radical (unpaired) electrons. The average Bonchev–Trinajstić information content (AvgIpc) is 2.33. The highest BCUT2D eigenvalue weighted by Crippen LogP contribution is 2.19. The van der Waals surface area contributed by atoms with E-state index in [0.717, 1.165) is 25.0 Å². The maximum atomic E-state index is 13.3. The van der Waals surface area contributed by atoms with Gasteiger partial charge >= 0.3 is 0 Å². The first kappa shape index (κ1) is 14.4. The largest absolute Gasteiger partial charge is 0.394 e. The second kappa shape index (κ2) is 5.80. The lowest BCUT2D eigenvalue weighted by atomic mass is 10.1. The second-order valence-electron chi connectivity index (χ2n) is 4.41. The summed E-state index contributed by atoms with van der Waals surface area (Å²) < 4.78 is 26.6. The second-order valence-corrected chi connectivity index (χ2v) is 4.41. The zero-order chi connectivity index (χ0) is 13.9. The number of nitrogens with two attached hydrogens (primary N) is 1. The number of carbonyl (C=O) groups excluding carboxylic acids is 1. The molecule has 0 bridgehead atoms. The van der Waals surface area contributed by atoms with Crippen LogP contribution in [-0.4, -0.2) is 23.9 Å². The van der Waals surface area contributed by atoms with Crippen LogP contribution < -0.4 is 5.73 Å². The van der Waals surface area contributed by atoms with Crippen molar-refractivity contribution < 1.29 is 13.6 Å². The number of hydrogen-bond donors (Lipinski definition) is 1. The molecule has 100 valence electrons. The number of rotatable bonds is 4. The molecule has 18 heavy (non-hydrogen) atoms. The molecule has 0 heterocycles. The molecule has 0 saturated heterocycles. The molecule has 0 saturated carbocycles. The van der Waals surface area contributed by atoms with Crippen molar-refractivity contribution in [1.82, 2.24) is 4.90 Å². The fraction of sp³-hybridized carbons (Fsp3) is 0.462. The molecular weight excluding hydrogens is 238 g/mol. The monoisotopic (exact) mass is 256 g/mol. The average molecular weight is 256 g/mol. The molecule has 3 nitrogen and oxygen atoms in total. The van der Waals surface area contributed by atoms with Crippen LogP contribution in [0.2, 0.25) is 0 Å². The molecule has 1 aromatic rings. The maximum Gasteiger partial charge on any atom is 0.254 e. The third-order valence-electron chi connectivity index (χ3n) is 3.01. The van der Waals surface area contributed by atoms with Crippen LogP contribution in [0.3, 0.4) is 0 Å². The number of nitrogen functional groups attached to an aromatic ring is 1. The van der Waals surface area contributed by atoms with Crippen molar-refractivity contribution in [3.63, 3.8) is 0 Å². The maximum absolute atomic E-state index is 13.3. The van der Waals surface area contributed by atoms with Gasteiger partial charge in [0.25, 0.3) is 5.91 Å². The van der Waals surface area contributed by atoms with Gasteiger partial charge in [0.1, 0.15) is 17.3 Å². The molecule has 5 heteroatoms. The SMILES string of the molecule is CCCC(C)N(C)C(=O)c1cc(F)c(N)c(F)c1. The third kappa shape index (κ3) is 2.97. The molecule has 1 amide bonds. The minimum Gasteiger partial charge on any atom is -0.394 e. The van der Waals surface area contributed by atoms with Crippen LogP contribution >= 0.6 is 0 Å². The van der Waals surface area contributed by atoms with Gasteiger partial charge in [0.2, 0.25) is 0 Å². The van der Waals surface area contributed by atoms with Gasteiger partial charge < -0.3 is 10.6 Å². The van der Waals surface area contributed by atoms with Crippen LogP contribution in [0.25, 0.3) is 0 Å². The Morgan fingerprint density at radius 3 is 2.33 bits per heavy atom. The summed E-state index contributed by atoms with van der Waals surface area (Å²) in [7, 11) is 1.62. The minimum absolute atomic E-state index is 0.0196. The number of nitrogens with zero attached hydrogens (tertiary/aromatic N) is 1. The van der Waals surface area contributed by atoms with E-state index in [-0.39, 0.29) is 11.6 Å². The van der Waals surface area contributed by atoms with Gasteiger partial charge in [-0.3, -0.25) is 4.79 Å². The van der Waals surface area contributed by atoms with E-state index in [1.54, 1.807) is 7.05 Å². The van der Waals surface area contributed by atoms with Crippen molar-refractivity contribution in [2.75, 3.05) is 12.8 Å². The Bertz CT molecular complexity index is 426. The van der Waals surface area contributed by atoms with E-state index in [0.29, 0.717) is 0 Å². The summed E-state index contributed by atoms with van der Waals surface area (Å²) in [4.78, 5) is 13.5. The minimum atomic E-state index is -0.908. The predicted molar refractivity (Wildman–Crippen MR) is 67.2 cm³/mol. The zero-order valence-electron chi connectivity index (χ0n) is 10.8. The molecular formula is C13H18F2N2O. The highest BCUT2D eigenvalue weighted by Gasteiger charge is 2.19.